The van der Waals surface area contributed by atoms with E-state index in [4.69, 9.17) is 17.0 Å². The Morgan fingerprint density at radius 3 is 2.50 bits per heavy atom. The van der Waals surface area contributed by atoms with Crippen molar-refractivity contribution in [3.05, 3.63) is 78.4 Å². The van der Waals surface area contributed by atoms with Crippen LogP contribution < -0.4 is 20.9 Å². The first-order valence-electron chi connectivity index (χ1n) is 9.19. The molecule has 5 nitrogen and oxygen atoms in total. The van der Waals surface area contributed by atoms with Gasteiger partial charge in [0.1, 0.15) is 5.75 Å². The van der Waals surface area contributed by atoms with E-state index in [9.17, 15) is 4.79 Å². The summed E-state index contributed by atoms with van der Waals surface area (Å²) in [6.07, 6.45) is 1.92. The second-order valence-electron chi connectivity index (χ2n) is 6.28. The van der Waals surface area contributed by atoms with Crippen LogP contribution in [0.5, 0.6) is 5.75 Å². The van der Waals surface area contributed by atoms with Gasteiger partial charge in [-0.3, -0.25) is 15.6 Å². The smallest absolute Gasteiger partial charge is 0.276 e. The maximum Gasteiger partial charge on any atom is 0.276 e. The first-order valence-corrected chi connectivity index (χ1v) is 9.60. The van der Waals surface area contributed by atoms with Crippen LogP contribution in [0.15, 0.2) is 72.8 Å². The summed E-state index contributed by atoms with van der Waals surface area (Å²) in [5.74, 6) is 0.372. The third-order valence-corrected chi connectivity index (χ3v) is 4.44. The van der Waals surface area contributed by atoms with Crippen LogP contribution in [0.4, 0.5) is 0 Å². The number of thiocarbonyl (C=S) groups is 1. The highest BCUT2D eigenvalue weighted by molar-refractivity contribution is 7.80. The molecule has 0 aliphatic rings. The van der Waals surface area contributed by atoms with Crippen LogP contribution in [0.2, 0.25) is 0 Å². The molecule has 3 aromatic rings. The van der Waals surface area contributed by atoms with Crippen molar-refractivity contribution in [2.75, 3.05) is 13.2 Å². The Hall–Kier alpha value is -3.12. The Bertz CT molecular complexity index is 926. The minimum atomic E-state index is -0.304. The first-order chi connectivity index (χ1) is 13.7. The van der Waals surface area contributed by atoms with Crippen molar-refractivity contribution in [1.29, 1.82) is 0 Å². The van der Waals surface area contributed by atoms with E-state index in [2.05, 4.69) is 28.3 Å². The van der Waals surface area contributed by atoms with Crippen LogP contribution in [-0.4, -0.2) is 24.2 Å². The van der Waals surface area contributed by atoms with E-state index < -0.39 is 0 Å². The van der Waals surface area contributed by atoms with Crippen molar-refractivity contribution in [3.8, 4) is 5.75 Å². The topological polar surface area (TPSA) is 62.4 Å². The van der Waals surface area contributed by atoms with Crippen molar-refractivity contribution in [3.63, 3.8) is 0 Å². The fourth-order valence-electron chi connectivity index (χ4n) is 2.81. The van der Waals surface area contributed by atoms with E-state index in [1.54, 1.807) is 0 Å². The van der Waals surface area contributed by atoms with Gasteiger partial charge >= 0.3 is 0 Å². The van der Waals surface area contributed by atoms with Crippen molar-refractivity contribution in [2.24, 2.45) is 0 Å². The molecule has 3 N–H and O–H groups in total. The SMILES string of the molecule is O=C(COc1cccc2ccccc12)NNC(=S)NCCCc1ccccc1. The van der Waals surface area contributed by atoms with Gasteiger partial charge in [-0.2, -0.15) is 0 Å². The molecule has 0 aliphatic heterocycles. The summed E-state index contributed by atoms with van der Waals surface area (Å²) in [5, 5.41) is 5.49. The van der Waals surface area contributed by atoms with Crippen molar-refractivity contribution in [2.45, 2.75) is 12.8 Å². The highest BCUT2D eigenvalue weighted by atomic mass is 32.1. The van der Waals surface area contributed by atoms with Gasteiger partial charge in [-0.15, -0.1) is 0 Å². The largest absolute Gasteiger partial charge is 0.483 e. The Morgan fingerprint density at radius 2 is 1.64 bits per heavy atom. The summed E-state index contributed by atoms with van der Waals surface area (Å²) in [4.78, 5) is 12.0. The van der Waals surface area contributed by atoms with Crippen molar-refractivity contribution < 1.29 is 9.53 Å². The summed E-state index contributed by atoms with van der Waals surface area (Å²) >= 11 is 5.17. The molecule has 0 unspecified atom stereocenters. The van der Waals surface area contributed by atoms with Crippen LogP contribution in [-0.2, 0) is 11.2 Å². The zero-order valence-corrected chi connectivity index (χ0v) is 16.3. The van der Waals surface area contributed by atoms with Gasteiger partial charge in [-0.05, 0) is 42.1 Å². The first kappa shape index (κ1) is 19.6. The average Bonchev–Trinajstić information content (AvgIpc) is 2.74. The lowest BCUT2D eigenvalue weighted by Gasteiger charge is -2.13. The molecule has 3 aromatic carbocycles. The van der Waals surface area contributed by atoms with Gasteiger partial charge in [-0.1, -0.05) is 66.7 Å². The molecule has 1 amide bonds. The van der Waals surface area contributed by atoms with E-state index in [0.717, 1.165) is 30.2 Å². The van der Waals surface area contributed by atoms with E-state index in [1.807, 2.05) is 60.7 Å². The second-order valence-corrected chi connectivity index (χ2v) is 6.69. The molecule has 0 atom stereocenters. The number of aryl methyl sites for hydroxylation is 1. The quantitative estimate of drug-likeness (QED) is 0.326. The van der Waals surface area contributed by atoms with Gasteiger partial charge in [0.05, 0.1) is 0 Å². The van der Waals surface area contributed by atoms with Crippen LogP contribution in [0.25, 0.3) is 10.8 Å². The maximum atomic E-state index is 12.0. The van der Waals surface area contributed by atoms with Crippen LogP contribution in [0.3, 0.4) is 0 Å². The maximum absolute atomic E-state index is 12.0. The molecule has 0 spiro atoms. The summed E-state index contributed by atoms with van der Waals surface area (Å²) in [5.41, 5.74) is 6.53. The molecule has 144 valence electrons. The molecule has 0 heterocycles. The molecule has 0 saturated carbocycles. The second kappa shape index (κ2) is 10.3. The number of ether oxygens (including phenoxy) is 1. The number of carbonyl (C=O) groups is 1. The Labute approximate surface area is 170 Å². The molecule has 0 bridgehead atoms. The number of amides is 1. The number of hydrogen-bond donors (Lipinski definition) is 3. The molecule has 0 aliphatic carbocycles. The number of benzene rings is 3. The number of nitrogens with one attached hydrogen (secondary N) is 3. The summed E-state index contributed by atoms with van der Waals surface area (Å²) < 4.78 is 5.65. The molecular formula is C22H23N3O2S. The lowest BCUT2D eigenvalue weighted by atomic mass is 10.1. The van der Waals surface area contributed by atoms with Gasteiger partial charge in [0, 0.05) is 11.9 Å². The average molecular weight is 394 g/mol. The molecule has 28 heavy (non-hydrogen) atoms. The molecule has 0 radical (unpaired) electrons. The Morgan fingerprint density at radius 1 is 0.893 bits per heavy atom. The van der Waals surface area contributed by atoms with Crippen LogP contribution in [0, 0.1) is 0 Å². The monoisotopic (exact) mass is 393 g/mol. The standard InChI is InChI=1S/C22H23N3O2S/c26-21(16-27-20-14-6-12-18-11-4-5-13-19(18)20)24-25-22(28)23-15-7-10-17-8-2-1-3-9-17/h1-6,8-9,11-14H,7,10,15-16H2,(H,24,26)(H2,23,25,28). The minimum absolute atomic E-state index is 0.0996. The molecular weight excluding hydrogens is 370 g/mol. The summed E-state index contributed by atoms with van der Waals surface area (Å²) in [6.45, 7) is 0.626. The molecule has 0 fully saturated rings. The Kier molecular flexibility index (Phi) is 7.21. The molecule has 6 heteroatoms. The van der Waals surface area contributed by atoms with Gasteiger partial charge in [-0.25, -0.2) is 0 Å². The fraction of sp³-hybridized carbons (Fsp3) is 0.182. The highest BCUT2D eigenvalue weighted by Crippen LogP contribution is 2.24. The molecule has 3 rings (SSSR count). The predicted octanol–water partition coefficient (Wildman–Crippen LogP) is 3.35. The van der Waals surface area contributed by atoms with Crippen molar-refractivity contribution in [1.82, 2.24) is 16.2 Å². The number of hydrazine groups is 1. The van der Waals surface area contributed by atoms with Crippen molar-refractivity contribution >= 4 is 34.0 Å². The summed E-state index contributed by atoms with van der Waals surface area (Å²) in [7, 11) is 0. The van der Waals surface area contributed by atoms with Gasteiger partial charge in [0.15, 0.2) is 11.7 Å². The van der Waals surface area contributed by atoms with E-state index in [1.165, 1.54) is 5.56 Å². The van der Waals surface area contributed by atoms with Crippen LogP contribution >= 0.6 is 12.2 Å². The van der Waals surface area contributed by atoms with E-state index >= 15 is 0 Å². The van der Waals surface area contributed by atoms with Gasteiger partial charge in [0.2, 0.25) is 0 Å². The fourth-order valence-corrected chi connectivity index (χ4v) is 2.96. The lowest BCUT2D eigenvalue weighted by Crippen LogP contribution is -2.48. The zero-order chi connectivity index (χ0) is 19.6. The highest BCUT2D eigenvalue weighted by Gasteiger charge is 2.06. The molecule has 0 saturated heterocycles. The van der Waals surface area contributed by atoms with Crippen LogP contribution in [0.1, 0.15) is 12.0 Å². The number of hydrogen-bond acceptors (Lipinski definition) is 3. The number of fused-ring (bicyclic) bond motifs is 1. The number of carbonyl (C=O) groups excluding carboxylic acids is 1. The number of rotatable bonds is 7. The van der Waals surface area contributed by atoms with Gasteiger partial charge < -0.3 is 10.1 Å². The third-order valence-electron chi connectivity index (χ3n) is 4.19. The lowest BCUT2D eigenvalue weighted by molar-refractivity contribution is -0.123. The zero-order valence-electron chi connectivity index (χ0n) is 15.5. The third kappa shape index (κ3) is 5.96. The van der Waals surface area contributed by atoms with Gasteiger partial charge in [0.25, 0.3) is 5.91 Å². The predicted molar refractivity (Wildman–Crippen MR) is 116 cm³/mol. The summed E-state index contributed by atoms with van der Waals surface area (Å²) in [6, 6.07) is 23.9. The Balaban J connectivity index is 1.34. The normalized spacial score (nSPS) is 10.3. The van der Waals surface area contributed by atoms with E-state index in [0.29, 0.717) is 10.9 Å². The minimum Gasteiger partial charge on any atom is -0.483 e. The molecule has 0 aromatic heterocycles. The van der Waals surface area contributed by atoms with E-state index in [-0.39, 0.29) is 12.5 Å².